The molecule has 2 heteroatoms. The quantitative estimate of drug-likeness (QED) is 0.580. The van der Waals surface area contributed by atoms with Gasteiger partial charge in [-0.15, -0.1) is 0 Å². The Kier molecular flexibility index (Phi) is 7.13. The Labute approximate surface area is 104 Å². The minimum absolute atomic E-state index is 0.286. The first kappa shape index (κ1) is 13.8. The average molecular weight is 231 g/mol. The van der Waals surface area contributed by atoms with Gasteiger partial charge in [0.15, 0.2) is 0 Å². The Morgan fingerprint density at radius 3 is 2.76 bits per heavy atom. The molecule has 0 saturated carbocycles. The first-order chi connectivity index (χ1) is 8.33. The van der Waals surface area contributed by atoms with E-state index in [0.717, 1.165) is 31.5 Å². The lowest BCUT2D eigenvalue weighted by Crippen LogP contribution is -2.16. The molecule has 2 nitrogen and oxygen atoms in total. The van der Waals surface area contributed by atoms with Gasteiger partial charge in [-0.3, -0.25) is 0 Å². The van der Waals surface area contributed by atoms with Gasteiger partial charge in [0.25, 0.3) is 0 Å². The fourth-order valence-corrected chi connectivity index (χ4v) is 1.49. The Morgan fingerprint density at radius 1 is 1.29 bits per heavy atom. The number of aliphatic hydroxyl groups is 1. The molecule has 17 heavy (non-hydrogen) atoms. The van der Waals surface area contributed by atoms with Gasteiger partial charge in [0.1, 0.15) is 0 Å². The molecule has 2 N–H and O–H groups in total. The van der Waals surface area contributed by atoms with Crippen LogP contribution in [-0.2, 0) is 0 Å². The van der Waals surface area contributed by atoms with Crippen LogP contribution in [-0.4, -0.2) is 24.8 Å². The maximum atomic E-state index is 8.86. The molecule has 92 valence electrons. The second kappa shape index (κ2) is 8.81. The summed E-state index contributed by atoms with van der Waals surface area (Å²) in [5, 5.41) is 12.1. The number of hydrogen-bond acceptors (Lipinski definition) is 2. The number of benzene rings is 1. The zero-order valence-corrected chi connectivity index (χ0v) is 10.4. The molecular formula is C15H21NO. The molecule has 0 aliphatic carbocycles. The summed E-state index contributed by atoms with van der Waals surface area (Å²) in [4.78, 5) is 0. The Hall–Kier alpha value is -1.30. The minimum Gasteiger partial charge on any atom is -0.396 e. The van der Waals surface area contributed by atoms with E-state index in [9.17, 15) is 0 Å². The van der Waals surface area contributed by atoms with E-state index in [1.54, 1.807) is 0 Å². The lowest BCUT2D eigenvalue weighted by atomic mass is 10.1. The molecule has 1 rings (SSSR count). The van der Waals surface area contributed by atoms with Crippen molar-refractivity contribution < 1.29 is 5.11 Å². The van der Waals surface area contributed by atoms with Gasteiger partial charge >= 0.3 is 0 Å². The van der Waals surface area contributed by atoms with Crippen LogP contribution >= 0.6 is 0 Å². The molecule has 1 aromatic carbocycles. The predicted molar refractivity (Wildman–Crippen MR) is 71.7 cm³/mol. The maximum absolute atomic E-state index is 8.86. The summed E-state index contributed by atoms with van der Waals surface area (Å²) in [7, 11) is 0. The van der Waals surface area contributed by atoms with Gasteiger partial charge in [0.2, 0.25) is 0 Å². The van der Waals surface area contributed by atoms with Crippen LogP contribution in [0.15, 0.2) is 30.3 Å². The van der Waals surface area contributed by atoms with E-state index in [1.807, 2.05) is 30.3 Å². The normalized spacial score (nSPS) is 11.6. The highest BCUT2D eigenvalue weighted by atomic mass is 16.3. The van der Waals surface area contributed by atoms with Crippen LogP contribution in [0, 0.1) is 17.8 Å². The summed E-state index contributed by atoms with van der Waals surface area (Å²) in [6.07, 6.45) is 2.16. The number of aliphatic hydroxyl groups excluding tert-OH is 1. The third-order valence-electron chi connectivity index (χ3n) is 2.58. The fourth-order valence-electron chi connectivity index (χ4n) is 1.49. The summed E-state index contributed by atoms with van der Waals surface area (Å²) in [5.74, 6) is 6.61. The zero-order chi connectivity index (χ0) is 12.3. The van der Waals surface area contributed by atoms with Crippen molar-refractivity contribution in [1.29, 1.82) is 0 Å². The van der Waals surface area contributed by atoms with Gasteiger partial charge in [-0.05, 0) is 37.4 Å². The Balaban J connectivity index is 2.07. The van der Waals surface area contributed by atoms with Gasteiger partial charge in [-0.25, -0.2) is 0 Å². The fraction of sp³-hybridized carbons (Fsp3) is 0.467. The van der Waals surface area contributed by atoms with Crippen LogP contribution in [0.2, 0.25) is 0 Å². The smallest absolute Gasteiger partial charge is 0.0580 e. The van der Waals surface area contributed by atoms with Crippen molar-refractivity contribution in [2.75, 3.05) is 19.7 Å². The number of hydrogen-bond donors (Lipinski definition) is 2. The summed E-state index contributed by atoms with van der Waals surface area (Å²) in [6.45, 7) is 4.04. The minimum atomic E-state index is 0.286. The van der Waals surface area contributed by atoms with Crippen molar-refractivity contribution in [3.05, 3.63) is 35.9 Å². The highest BCUT2D eigenvalue weighted by molar-refractivity contribution is 5.33. The summed E-state index contributed by atoms with van der Waals surface area (Å²) >= 11 is 0. The first-order valence-corrected chi connectivity index (χ1v) is 6.18. The molecule has 0 bridgehead atoms. The molecule has 0 amide bonds. The first-order valence-electron chi connectivity index (χ1n) is 6.18. The zero-order valence-electron chi connectivity index (χ0n) is 10.4. The molecular weight excluding hydrogens is 210 g/mol. The van der Waals surface area contributed by atoms with E-state index >= 15 is 0 Å². The number of rotatable bonds is 6. The van der Waals surface area contributed by atoms with E-state index in [2.05, 4.69) is 24.1 Å². The van der Waals surface area contributed by atoms with Crippen molar-refractivity contribution in [2.45, 2.75) is 19.8 Å². The second-order valence-corrected chi connectivity index (χ2v) is 4.27. The Bertz CT molecular complexity index is 350. The number of nitrogens with one attached hydrogen (secondary N) is 1. The van der Waals surface area contributed by atoms with E-state index in [4.69, 9.17) is 5.11 Å². The van der Waals surface area contributed by atoms with Crippen LogP contribution < -0.4 is 5.32 Å². The van der Waals surface area contributed by atoms with Crippen LogP contribution in [0.4, 0.5) is 0 Å². The second-order valence-electron chi connectivity index (χ2n) is 4.27. The van der Waals surface area contributed by atoms with Crippen molar-refractivity contribution in [3.8, 4) is 11.8 Å². The molecule has 0 fully saturated rings. The SMILES string of the molecule is CC(CO)CCCNCC#Cc1ccccc1. The van der Waals surface area contributed by atoms with E-state index < -0.39 is 0 Å². The monoisotopic (exact) mass is 231 g/mol. The molecule has 1 atom stereocenters. The standard InChI is InChI=1S/C15H21NO/c1-14(13-17)7-5-11-16-12-6-10-15-8-3-2-4-9-15/h2-4,8-9,14,16-17H,5,7,11-13H2,1H3. The molecule has 1 unspecified atom stereocenters. The summed E-state index contributed by atoms with van der Waals surface area (Å²) in [6, 6.07) is 10.00. The largest absolute Gasteiger partial charge is 0.396 e. The van der Waals surface area contributed by atoms with Crippen molar-refractivity contribution in [3.63, 3.8) is 0 Å². The molecule has 0 radical (unpaired) electrons. The summed E-state index contributed by atoms with van der Waals surface area (Å²) in [5.41, 5.74) is 1.06. The summed E-state index contributed by atoms with van der Waals surface area (Å²) < 4.78 is 0. The van der Waals surface area contributed by atoms with E-state index in [-0.39, 0.29) is 6.61 Å². The van der Waals surface area contributed by atoms with Gasteiger partial charge in [-0.1, -0.05) is 37.0 Å². The molecule has 0 aromatic heterocycles. The molecule has 0 heterocycles. The molecule has 0 aliphatic rings. The molecule has 0 spiro atoms. The van der Waals surface area contributed by atoms with Gasteiger partial charge in [-0.2, -0.15) is 0 Å². The van der Waals surface area contributed by atoms with Crippen LogP contribution in [0.5, 0.6) is 0 Å². The molecule has 0 aliphatic heterocycles. The van der Waals surface area contributed by atoms with E-state index in [0.29, 0.717) is 5.92 Å². The van der Waals surface area contributed by atoms with Crippen LogP contribution in [0.1, 0.15) is 25.3 Å². The van der Waals surface area contributed by atoms with E-state index in [1.165, 1.54) is 0 Å². The van der Waals surface area contributed by atoms with Crippen molar-refractivity contribution >= 4 is 0 Å². The van der Waals surface area contributed by atoms with Crippen molar-refractivity contribution in [1.82, 2.24) is 5.32 Å². The van der Waals surface area contributed by atoms with Crippen molar-refractivity contribution in [2.24, 2.45) is 5.92 Å². The van der Waals surface area contributed by atoms with Crippen LogP contribution in [0.25, 0.3) is 0 Å². The lowest BCUT2D eigenvalue weighted by molar-refractivity contribution is 0.228. The third kappa shape index (κ3) is 6.78. The predicted octanol–water partition coefficient (Wildman–Crippen LogP) is 2.04. The van der Waals surface area contributed by atoms with Gasteiger partial charge < -0.3 is 10.4 Å². The highest BCUT2D eigenvalue weighted by Gasteiger charge is 1.97. The third-order valence-corrected chi connectivity index (χ3v) is 2.58. The topological polar surface area (TPSA) is 32.3 Å². The lowest BCUT2D eigenvalue weighted by Gasteiger charge is -2.06. The van der Waals surface area contributed by atoms with Crippen LogP contribution in [0.3, 0.4) is 0 Å². The maximum Gasteiger partial charge on any atom is 0.0580 e. The molecule has 1 aromatic rings. The molecule has 0 saturated heterocycles. The van der Waals surface area contributed by atoms with Gasteiger partial charge in [0.05, 0.1) is 6.54 Å². The average Bonchev–Trinajstić information content (AvgIpc) is 2.38. The Morgan fingerprint density at radius 2 is 2.06 bits per heavy atom. The van der Waals surface area contributed by atoms with Gasteiger partial charge in [0, 0.05) is 12.2 Å². The highest BCUT2D eigenvalue weighted by Crippen LogP contribution is 2.02.